The fourth-order valence-corrected chi connectivity index (χ4v) is 3.38. The highest BCUT2D eigenvalue weighted by Crippen LogP contribution is 2.30. The normalized spacial score (nSPS) is 13.4. The van der Waals surface area contributed by atoms with Crippen LogP contribution in [0.2, 0.25) is 0 Å². The predicted octanol–water partition coefficient (Wildman–Crippen LogP) is 2.51. The third-order valence-corrected chi connectivity index (χ3v) is 5.08. The van der Waals surface area contributed by atoms with Crippen LogP contribution in [0.4, 0.5) is 11.4 Å². The third-order valence-electron chi connectivity index (χ3n) is 5.08. The molecule has 1 aliphatic rings. The molecule has 0 bridgehead atoms. The molecule has 170 valence electrons. The van der Waals surface area contributed by atoms with Gasteiger partial charge in [-0.05, 0) is 43.3 Å². The smallest absolute Gasteiger partial charge is 0.338 e. The number of benzene rings is 2. The van der Waals surface area contributed by atoms with Gasteiger partial charge in [-0.3, -0.25) is 14.9 Å². The van der Waals surface area contributed by atoms with E-state index >= 15 is 0 Å². The average molecular weight is 443 g/mol. The number of carbonyl (C=O) groups excluding carboxylic acids is 2. The maximum absolute atomic E-state index is 12.5. The summed E-state index contributed by atoms with van der Waals surface area (Å²) in [7, 11) is 1.57. The summed E-state index contributed by atoms with van der Waals surface area (Å²) in [6, 6.07) is 11.2. The van der Waals surface area contributed by atoms with Crippen molar-refractivity contribution in [1.82, 2.24) is 4.90 Å². The lowest BCUT2D eigenvalue weighted by Crippen LogP contribution is -2.50. The first-order valence-corrected chi connectivity index (χ1v) is 10.2. The molecule has 0 aliphatic carbocycles. The summed E-state index contributed by atoms with van der Waals surface area (Å²) < 4.78 is 15.6. The van der Waals surface area contributed by atoms with Crippen molar-refractivity contribution in [2.45, 2.75) is 6.92 Å². The van der Waals surface area contributed by atoms with Gasteiger partial charge in [0, 0.05) is 32.2 Å². The number of methoxy groups -OCH3 is 1. The molecular weight excluding hydrogens is 418 g/mol. The van der Waals surface area contributed by atoms with Crippen LogP contribution in [0, 0.1) is 10.1 Å². The summed E-state index contributed by atoms with van der Waals surface area (Å²) in [4.78, 5) is 38.9. The van der Waals surface area contributed by atoms with E-state index in [1.165, 1.54) is 12.1 Å². The monoisotopic (exact) mass is 443 g/mol. The van der Waals surface area contributed by atoms with Crippen molar-refractivity contribution in [3.63, 3.8) is 0 Å². The Morgan fingerprint density at radius 2 is 1.69 bits per heavy atom. The summed E-state index contributed by atoms with van der Waals surface area (Å²) in [5, 5.41) is 11.6. The Morgan fingerprint density at radius 1 is 1.03 bits per heavy atom. The molecule has 2 aromatic carbocycles. The molecule has 10 heteroatoms. The number of piperazine rings is 1. The van der Waals surface area contributed by atoms with Gasteiger partial charge in [0.25, 0.3) is 11.6 Å². The van der Waals surface area contributed by atoms with Crippen molar-refractivity contribution in [2.24, 2.45) is 0 Å². The lowest BCUT2D eigenvalue weighted by molar-refractivity contribution is -0.384. The number of anilines is 1. The second kappa shape index (κ2) is 10.5. The van der Waals surface area contributed by atoms with Gasteiger partial charge in [0.15, 0.2) is 6.61 Å². The maximum atomic E-state index is 12.5. The Balaban J connectivity index is 1.59. The quantitative estimate of drug-likeness (QED) is 0.348. The van der Waals surface area contributed by atoms with Crippen LogP contribution in [0.25, 0.3) is 0 Å². The minimum atomic E-state index is -0.602. The molecule has 0 N–H and O–H groups in total. The SMILES string of the molecule is CCOC(=O)c1ccc(N2CCN(C(=O)COc3ccc(OC)cc3)CC2)c([N+](=O)[O-])c1. The molecule has 0 saturated carbocycles. The number of nitro groups is 1. The van der Waals surface area contributed by atoms with E-state index in [-0.39, 0.29) is 30.4 Å². The van der Waals surface area contributed by atoms with E-state index in [1.54, 1.807) is 49.3 Å². The van der Waals surface area contributed by atoms with Gasteiger partial charge in [0.05, 0.1) is 24.2 Å². The number of hydrogen-bond donors (Lipinski definition) is 0. The standard InChI is InChI=1S/C22H25N3O7/c1-3-31-22(27)16-4-9-19(20(14-16)25(28)29)23-10-12-24(13-11-23)21(26)15-32-18-7-5-17(30-2)6-8-18/h4-9,14H,3,10-13,15H2,1-2H3. The zero-order valence-corrected chi connectivity index (χ0v) is 18.0. The molecule has 0 radical (unpaired) electrons. The lowest BCUT2D eigenvalue weighted by Gasteiger charge is -2.35. The van der Waals surface area contributed by atoms with Gasteiger partial charge in [-0.25, -0.2) is 4.79 Å². The number of amides is 1. The van der Waals surface area contributed by atoms with Gasteiger partial charge in [-0.1, -0.05) is 0 Å². The van der Waals surface area contributed by atoms with E-state index < -0.39 is 10.9 Å². The van der Waals surface area contributed by atoms with E-state index in [2.05, 4.69) is 0 Å². The second-order valence-electron chi connectivity index (χ2n) is 7.01. The first-order valence-electron chi connectivity index (χ1n) is 10.2. The summed E-state index contributed by atoms with van der Waals surface area (Å²) in [6.07, 6.45) is 0. The molecule has 1 aliphatic heterocycles. The minimum absolute atomic E-state index is 0.0965. The zero-order chi connectivity index (χ0) is 23.1. The Kier molecular flexibility index (Phi) is 7.48. The maximum Gasteiger partial charge on any atom is 0.338 e. The van der Waals surface area contributed by atoms with Crippen LogP contribution in [0.5, 0.6) is 11.5 Å². The predicted molar refractivity (Wildman–Crippen MR) is 116 cm³/mol. The third kappa shape index (κ3) is 5.45. The van der Waals surface area contributed by atoms with Crippen LogP contribution in [0.1, 0.15) is 17.3 Å². The Morgan fingerprint density at radius 3 is 2.28 bits per heavy atom. The average Bonchev–Trinajstić information content (AvgIpc) is 2.82. The molecule has 32 heavy (non-hydrogen) atoms. The molecule has 0 spiro atoms. The Hall–Kier alpha value is -3.82. The first kappa shape index (κ1) is 22.9. The van der Waals surface area contributed by atoms with Gasteiger partial charge >= 0.3 is 5.97 Å². The fraction of sp³-hybridized carbons (Fsp3) is 0.364. The van der Waals surface area contributed by atoms with Crippen LogP contribution < -0.4 is 14.4 Å². The van der Waals surface area contributed by atoms with Crippen molar-refractivity contribution < 1.29 is 28.7 Å². The van der Waals surface area contributed by atoms with Crippen molar-refractivity contribution in [1.29, 1.82) is 0 Å². The van der Waals surface area contributed by atoms with Gasteiger partial charge in [0.1, 0.15) is 17.2 Å². The highest BCUT2D eigenvalue weighted by Gasteiger charge is 2.27. The number of nitrogens with zero attached hydrogens (tertiary/aromatic N) is 3. The van der Waals surface area contributed by atoms with E-state index in [1.807, 2.05) is 4.90 Å². The molecule has 1 fully saturated rings. The van der Waals surface area contributed by atoms with Crippen LogP contribution in [0.3, 0.4) is 0 Å². The zero-order valence-electron chi connectivity index (χ0n) is 18.0. The summed E-state index contributed by atoms with van der Waals surface area (Å²) in [5.74, 6) is 0.501. The van der Waals surface area contributed by atoms with Crippen molar-refractivity contribution in [3.05, 3.63) is 58.1 Å². The van der Waals surface area contributed by atoms with Crippen LogP contribution in [-0.2, 0) is 9.53 Å². The molecule has 0 unspecified atom stereocenters. The first-order chi connectivity index (χ1) is 15.4. The molecule has 3 rings (SSSR count). The largest absolute Gasteiger partial charge is 0.497 e. The number of carbonyl (C=O) groups is 2. The van der Waals surface area contributed by atoms with Crippen LogP contribution >= 0.6 is 0 Å². The molecule has 0 atom stereocenters. The molecule has 1 saturated heterocycles. The van der Waals surface area contributed by atoms with Crippen molar-refractivity contribution in [3.8, 4) is 11.5 Å². The minimum Gasteiger partial charge on any atom is -0.497 e. The van der Waals surface area contributed by atoms with Gasteiger partial charge in [0.2, 0.25) is 0 Å². The number of hydrogen-bond acceptors (Lipinski definition) is 8. The fourth-order valence-electron chi connectivity index (χ4n) is 3.38. The van der Waals surface area contributed by atoms with Crippen LogP contribution in [-0.4, -0.2) is 68.2 Å². The van der Waals surface area contributed by atoms with Crippen molar-refractivity contribution >= 4 is 23.3 Å². The lowest BCUT2D eigenvalue weighted by atomic mass is 10.1. The van der Waals surface area contributed by atoms with Gasteiger partial charge < -0.3 is 24.0 Å². The van der Waals surface area contributed by atoms with E-state index in [0.29, 0.717) is 43.4 Å². The van der Waals surface area contributed by atoms with E-state index in [9.17, 15) is 19.7 Å². The highest BCUT2D eigenvalue weighted by molar-refractivity contribution is 5.91. The Bertz CT molecular complexity index is 970. The number of nitro benzene ring substituents is 1. The molecular formula is C22H25N3O7. The second-order valence-corrected chi connectivity index (χ2v) is 7.01. The molecule has 0 aromatic heterocycles. The molecule has 10 nitrogen and oxygen atoms in total. The molecule has 1 heterocycles. The molecule has 2 aromatic rings. The number of esters is 1. The Labute approximate surface area is 185 Å². The number of ether oxygens (including phenoxy) is 3. The van der Waals surface area contributed by atoms with Crippen LogP contribution in [0.15, 0.2) is 42.5 Å². The van der Waals surface area contributed by atoms with Crippen molar-refractivity contribution in [2.75, 3.05) is 51.4 Å². The summed E-state index contributed by atoms with van der Waals surface area (Å²) >= 11 is 0. The highest BCUT2D eigenvalue weighted by atomic mass is 16.6. The molecule has 1 amide bonds. The van der Waals surface area contributed by atoms with Gasteiger partial charge in [-0.15, -0.1) is 0 Å². The van der Waals surface area contributed by atoms with E-state index in [0.717, 1.165) is 0 Å². The number of rotatable bonds is 8. The summed E-state index contributed by atoms with van der Waals surface area (Å²) in [5.41, 5.74) is 0.370. The topological polar surface area (TPSA) is 111 Å². The van der Waals surface area contributed by atoms with Gasteiger partial charge in [-0.2, -0.15) is 0 Å². The summed E-state index contributed by atoms with van der Waals surface area (Å²) in [6.45, 7) is 3.42. The van der Waals surface area contributed by atoms with E-state index in [4.69, 9.17) is 14.2 Å².